The van der Waals surface area contributed by atoms with Crippen LogP contribution in [-0.4, -0.2) is 49.8 Å². The smallest absolute Gasteiger partial charge is 0.352 e. The van der Waals surface area contributed by atoms with E-state index in [0.29, 0.717) is 18.7 Å². The minimum Gasteiger partial charge on any atom is -0.489 e. The molecule has 2 aromatic heterocycles. The minimum absolute atomic E-state index is 0.0389. The molecule has 4 aromatic rings. The number of imidazole rings is 1. The molecule has 0 spiro atoms. The van der Waals surface area contributed by atoms with Gasteiger partial charge in [-0.3, -0.25) is 4.79 Å². The summed E-state index contributed by atoms with van der Waals surface area (Å²) in [6.45, 7) is 4.74. The van der Waals surface area contributed by atoms with Gasteiger partial charge in [0.2, 0.25) is 15.8 Å². The molecule has 2 N–H and O–H groups in total. The summed E-state index contributed by atoms with van der Waals surface area (Å²) in [6.07, 6.45) is 5.19. The van der Waals surface area contributed by atoms with Gasteiger partial charge >= 0.3 is 5.97 Å². The number of nitrogens with zero attached hydrogens (tertiary/aromatic N) is 3. The first-order valence-corrected chi connectivity index (χ1v) is 15.1. The van der Waals surface area contributed by atoms with Crippen molar-refractivity contribution < 1.29 is 29.1 Å². The summed E-state index contributed by atoms with van der Waals surface area (Å²) in [5.74, 6) is -1.39. The van der Waals surface area contributed by atoms with E-state index in [-0.39, 0.29) is 23.6 Å². The Bertz CT molecular complexity index is 1620. The van der Waals surface area contributed by atoms with Gasteiger partial charge in [0.15, 0.2) is 0 Å². The molecule has 4 atom stereocenters. The van der Waals surface area contributed by atoms with Gasteiger partial charge in [-0.2, -0.15) is 4.40 Å². The molecule has 10 heteroatoms. The Kier molecular flexibility index (Phi) is 6.93. The van der Waals surface area contributed by atoms with Gasteiger partial charge in [0, 0.05) is 11.5 Å². The largest absolute Gasteiger partial charge is 0.489 e. The number of hydrogen-bond donors (Lipinski definition) is 2. The number of ether oxygens (including phenoxy) is 1. The van der Waals surface area contributed by atoms with Crippen molar-refractivity contribution in [2.75, 3.05) is 6.26 Å². The van der Waals surface area contributed by atoms with E-state index in [2.05, 4.69) is 16.7 Å². The monoisotopic (exact) mass is 576 g/mol. The lowest BCUT2D eigenvalue weighted by molar-refractivity contribution is -0.721. The molecule has 2 aliphatic rings. The Morgan fingerprint density at radius 3 is 2.52 bits per heavy atom. The first-order valence-electron chi connectivity index (χ1n) is 13.1. The van der Waals surface area contributed by atoms with Crippen molar-refractivity contribution in [1.82, 2.24) is 9.30 Å². The third-order valence-electron chi connectivity index (χ3n) is 7.76. The molecule has 0 bridgehead atoms. The van der Waals surface area contributed by atoms with E-state index in [1.54, 1.807) is 18.7 Å². The number of thioether (sulfide) groups is 1. The number of hydrogen-bond acceptors (Lipinski definition) is 6. The second-order valence-electron chi connectivity index (χ2n) is 10.3. The van der Waals surface area contributed by atoms with Crippen molar-refractivity contribution in [1.29, 1.82) is 0 Å². The molecule has 0 saturated carbocycles. The fourth-order valence-electron chi connectivity index (χ4n) is 5.90. The number of carbonyl (C=O) groups excluding carboxylic acids is 1. The molecular weight excluding hydrogens is 546 g/mol. The Morgan fingerprint density at radius 1 is 1.15 bits per heavy atom. The van der Waals surface area contributed by atoms with Gasteiger partial charge < -0.3 is 19.8 Å². The number of aromatic nitrogens is 2. The van der Waals surface area contributed by atoms with Gasteiger partial charge in [0.25, 0.3) is 6.33 Å². The maximum absolute atomic E-state index is 12.7. The highest BCUT2D eigenvalue weighted by molar-refractivity contribution is 7.98. The van der Waals surface area contributed by atoms with E-state index < -0.39 is 18.0 Å². The Balaban J connectivity index is 1.24. The van der Waals surface area contributed by atoms with Crippen LogP contribution in [0, 0.1) is 11.8 Å². The summed E-state index contributed by atoms with van der Waals surface area (Å²) in [5.41, 5.74) is 2.96. The Hall–Kier alpha value is -3.60. The normalized spacial score (nSPS) is 21.1. The number of aliphatic carboxylic acids is 1. The fourth-order valence-corrected chi connectivity index (χ4v) is 8.08. The molecule has 206 valence electrons. The summed E-state index contributed by atoms with van der Waals surface area (Å²) >= 11 is 3.17. The van der Waals surface area contributed by atoms with Crippen LogP contribution in [0.15, 0.2) is 77.8 Å². The molecule has 1 fully saturated rings. The van der Waals surface area contributed by atoms with Crippen LogP contribution in [0.2, 0.25) is 0 Å². The van der Waals surface area contributed by atoms with Gasteiger partial charge in [-0.15, -0.1) is 0 Å². The summed E-state index contributed by atoms with van der Waals surface area (Å²) < 4.78 is 10.1. The topological polar surface area (TPSA) is 95.4 Å². The fraction of sp³-hybridized carbons (Fsp3) is 0.300. The van der Waals surface area contributed by atoms with Crippen LogP contribution in [0.1, 0.15) is 29.9 Å². The molecule has 2 aliphatic heterocycles. The lowest BCUT2D eigenvalue weighted by atomic mass is 9.77. The number of aliphatic hydroxyl groups excluding tert-OH is 1. The Labute approximate surface area is 240 Å². The maximum atomic E-state index is 12.7. The molecule has 0 radical (unpaired) electrons. The number of fused-ring (bicyclic) bond motifs is 2. The lowest BCUT2D eigenvalue weighted by Gasteiger charge is -2.46. The van der Waals surface area contributed by atoms with Crippen molar-refractivity contribution in [2.45, 2.75) is 44.2 Å². The number of β-lactam (4-membered cyclic amide) rings is 1. The molecule has 6 rings (SSSR count). The molecule has 2 aromatic carbocycles. The number of carboxylic acid groups (broad SMARTS) is 1. The number of aliphatic hydroxyl groups is 1. The molecule has 4 heterocycles. The van der Waals surface area contributed by atoms with Gasteiger partial charge in [0.05, 0.1) is 22.9 Å². The zero-order chi connectivity index (χ0) is 28.1. The van der Waals surface area contributed by atoms with Gasteiger partial charge in [-0.25, -0.2) is 9.36 Å². The first-order chi connectivity index (χ1) is 19.3. The van der Waals surface area contributed by atoms with Gasteiger partial charge in [-0.1, -0.05) is 72.5 Å². The summed E-state index contributed by atoms with van der Waals surface area (Å²) in [7, 11) is 0. The van der Waals surface area contributed by atoms with E-state index in [4.69, 9.17) is 4.74 Å². The average Bonchev–Trinajstić information content (AvgIpc) is 3.55. The van der Waals surface area contributed by atoms with Crippen molar-refractivity contribution in [3.05, 3.63) is 88.8 Å². The second-order valence-corrected chi connectivity index (χ2v) is 12.1. The van der Waals surface area contributed by atoms with Gasteiger partial charge in [-0.05, 0) is 36.4 Å². The molecule has 40 heavy (non-hydrogen) atoms. The molecule has 0 unspecified atom stereocenters. The van der Waals surface area contributed by atoms with Crippen LogP contribution in [0.5, 0.6) is 5.75 Å². The highest BCUT2D eigenvalue weighted by Crippen LogP contribution is 2.51. The predicted molar refractivity (Wildman–Crippen MR) is 153 cm³/mol. The van der Waals surface area contributed by atoms with E-state index in [1.165, 1.54) is 16.2 Å². The SMILES string of the molecule is CSc1c2sc(C3=C(C(=O)O)N4C(=O)[C@H]([C@@H](C)O)[C@H]4[C@H]3C)cn2c[n+]1Cc1ccc(OCc2ccccc2)cc1. The zero-order valence-electron chi connectivity index (χ0n) is 22.4. The van der Waals surface area contributed by atoms with Crippen LogP contribution in [0.25, 0.3) is 10.4 Å². The van der Waals surface area contributed by atoms with Crippen LogP contribution in [0.4, 0.5) is 0 Å². The van der Waals surface area contributed by atoms with Crippen LogP contribution in [-0.2, 0) is 22.7 Å². The first kappa shape index (κ1) is 26.6. The third kappa shape index (κ3) is 4.40. The molecule has 1 saturated heterocycles. The average molecular weight is 577 g/mol. The van der Waals surface area contributed by atoms with Gasteiger partial charge in [0.1, 0.15) is 30.8 Å². The van der Waals surface area contributed by atoms with Crippen LogP contribution < -0.4 is 9.30 Å². The highest BCUT2D eigenvalue weighted by Gasteiger charge is 2.60. The van der Waals surface area contributed by atoms with E-state index in [9.17, 15) is 19.8 Å². The summed E-state index contributed by atoms with van der Waals surface area (Å²) in [4.78, 5) is 28.2. The second kappa shape index (κ2) is 10.4. The highest BCUT2D eigenvalue weighted by atomic mass is 32.2. The predicted octanol–water partition coefficient (Wildman–Crippen LogP) is 4.29. The third-order valence-corrected chi connectivity index (χ3v) is 9.85. The number of carboxylic acids is 1. The molecule has 0 aliphatic carbocycles. The van der Waals surface area contributed by atoms with E-state index in [1.807, 2.05) is 72.6 Å². The molecule has 8 nitrogen and oxygen atoms in total. The maximum Gasteiger partial charge on any atom is 0.352 e. The van der Waals surface area contributed by atoms with E-state index in [0.717, 1.165) is 31.6 Å². The Morgan fingerprint density at radius 2 is 1.88 bits per heavy atom. The minimum atomic E-state index is -1.11. The van der Waals surface area contributed by atoms with E-state index >= 15 is 0 Å². The lowest BCUT2D eigenvalue weighted by Crippen LogP contribution is -2.63. The van der Waals surface area contributed by atoms with Crippen molar-refractivity contribution in [3.63, 3.8) is 0 Å². The molecule has 1 amide bonds. The number of amides is 1. The number of benzene rings is 2. The number of rotatable bonds is 9. The standard InChI is InChI=1S/C30H29N3O5S2/c1-17-23(26(30(36)37)33-25(17)24(18(2)34)27(33)35)22-14-32-16-31(28(39-3)29(32)40-22)13-19-9-11-21(12-10-19)38-15-20-7-5-4-6-8-20/h4-12,14,16-18,24-25,34H,13,15H2,1-3H3/p+1/t17-,18+,24+,25+/m0/s1. The van der Waals surface area contributed by atoms with Crippen LogP contribution in [0.3, 0.4) is 0 Å². The number of carbonyl (C=O) groups is 2. The number of thiazole rings is 1. The quantitative estimate of drug-likeness (QED) is 0.175. The van der Waals surface area contributed by atoms with Crippen molar-refractivity contribution >= 4 is 45.4 Å². The van der Waals surface area contributed by atoms with Crippen molar-refractivity contribution in [3.8, 4) is 5.75 Å². The summed E-state index contributed by atoms with van der Waals surface area (Å²) in [5, 5.41) is 21.3. The zero-order valence-corrected chi connectivity index (χ0v) is 24.0. The summed E-state index contributed by atoms with van der Waals surface area (Å²) in [6, 6.07) is 17.8. The molecular formula is C30H30N3O5S2+. The van der Waals surface area contributed by atoms with Crippen LogP contribution >= 0.6 is 23.1 Å². The van der Waals surface area contributed by atoms with Crippen molar-refractivity contribution in [2.24, 2.45) is 11.8 Å².